The second-order valence-electron chi connectivity index (χ2n) is 12.4. The summed E-state index contributed by atoms with van der Waals surface area (Å²) < 4.78 is 6.31. The maximum atomic E-state index is 13.5. The van der Waals surface area contributed by atoms with Gasteiger partial charge in [0.05, 0.1) is 28.2 Å². The minimum absolute atomic E-state index is 0.0265. The molecule has 39 heavy (non-hydrogen) atoms. The first-order valence-corrected chi connectivity index (χ1v) is 14.2. The van der Waals surface area contributed by atoms with Crippen LogP contribution in [0.3, 0.4) is 0 Å². The average molecular weight is 559 g/mol. The molecule has 4 atom stereocenters. The Hall–Kier alpha value is -2.98. The van der Waals surface area contributed by atoms with Gasteiger partial charge >= 0.3 is 0 Å². The summed E-state index contributed by atoms with van der Waals surface area (Å²) in [5.41, 5.74) is 3.48. The number of hydrogen-bond donors (Lipinski definition) is 3. The Morgan fingerprint density at radius 2 is 1.82 bits per heavy atom. The monoisotopic (exact) mass is 558 g/mol. The first-order valence-electron chi connectivity index (χ1n) is 13.3. The highest BCUT2D eigenvalue weighted by molar-refractivity contribution is 7.13. The summed E-state index contributed by atoms with van der Waals surface area (Å²) in [5, 5.41) is 16.2. The number of nitrogens with one attached hydrogen (secondary N) is 2. The van der Waals surface area contributed by atoms with Gasteiger partial charge in [-0.2, -0.15) is 0 Å². The highest BCUT2D eigenvalue weighted by Gasteiger charge is 2.44. The van der Waals surface area contributed by atoms with Crippen molar-refractivity contribution >= 4 is 29.1 Å². The number of likely N-dealkylation sites (tertiary alicyclic amines) is 1. The van der Waals surface area contributed by atoms with Crippen LogP contribution in [0.1, 0.15) is 79.1 Å². The van der Waals surface area contributed by atoms with E-state index in [4.69, 9.17) is 4.74 Å². The Labute approximate surface area is 235 Å². The van der Waals surface area contributed by atoms with E-state index >= 15 is 0 Å². The zero-order valence-electron chi connectivity index (χ0n) is 24.4. The van der Waals surface area contributed by atoms with E-state index in [2.05, 4.69) is 15.6 Å². The van der Waals surface area contributed by atoms with Crippen LogP contribution in [0, 0.1) is 12.3 Å². The van der Waals surface area contributed by atoms with Crippen molar-refractivity contribution in [2.45, 2.75) is 98.6 Å². The molecule has 2 aromatic rings. The standard InChI is InChI=1S/C29H42N4O5S/c1-16(21-11-10-19(24-17(2)30-15-39-24)12-23(21)38-29(7,8)9)31-26(36)22-13-20(35)14-33(22)27(37)25(28(4,5)6)32-18(3)34/h10-12,15-16,20,22,25,35H,13-14H2,1-9H3,(H,31,36)(H,32,34)/t16-,20+,22-,25+/m0/s1. The summed E-state index contributed by atoms with van der Waals surface area (Å²) in [6.45, 7) is 16.7. The third-order valence-corrected chi connectivity index (χ3v) is 7.57. The normalized spacial score (nSPS) is 19.4. The van der Waals surface area contributed by atoms with Gasteiger partial charge in [-0.25, -0.2) is 4.98 Å². The quantitative estimate of drug-likeness (QED) is 0.473. The van der Waals surface area contributed by atoms with Gasteiger partial charge in [0.2, 0.25) is 17.7 Å². The molecule has 0 spiro atoms. The Balaban J connectivity index is 1.87. The van der Waals surface area contributed by atoms with Crippen LogP contribution < -0.4 is 15.4 Å². The van der Waals surface area contributed by atoms with Gasteiger partial charge in [0.25, 0.3) is 0 Å². The number of carbonyl (C=O) groups is 3. The maximum Gasteiger partial charge on any atom is 0.246 e. The Morgan fingerprint density at radius 1 is 1.15 bits per heavy atom. The topological polar surface area (TPSA) is 121 Å². The molecule has 3 N–H and O–H groups in total. The van der Waals surface area contributed by atoms with Gasteiger partial charge in [-0.05, 0) is 51.7 Å². The molecule has 2 heterocycles. The SMILES string of the molecule is CC(=O)N[C@H](C(=O)N1C[C@H](O)C[C@H]1C(=O)N[C@@H](C)c1ccc(-c2scnc2C)cc1OC(C)(C)C)C(C)(C)C. The van der Waals surface area contributed by atoms with E-state index in [1.54, 1.807) is 11.3 Å². The van der Waals surface area contributed by atoms with E-state index in [0.29, 0.717) is 5.75 Å². The molecule has 3 rings (SSSR count). The number of thiazole rings is 1. The number of benzene rings is 1. The minimum Gasteiger partial charge on any atom is -0.488 e. The lowest BCUT2D eigenvalue weighted by Crippen LogP contribution is -2.57. The van der Waals surface area contributed by atoms with Gasteiger partial charge in [0, 0.05) is 25.5 Å². The van der Waals surface area contributed by atoms with Gasteiger partial charge in [-0.1, -0.05) is 32.9 Å². The molecule has 10 heteroatoms. The van der Waals surface area contributed by atoms with E-state index in [1.807, 2.05) is 79.1 Å². The van der Waals surface area contributed by atoms with Crippen LogP contribution in [-0.2, 0) is 14.4 Å². The number of β-amino-alcohol motifs (C(OH)–C–C–N with tert-alkyl or cyclic N) is 1. The lowest BCUT2D eigenvalue weighted by Gasteiger charge is -2.35. The molecule has 0 unspecified atom stereocenters. The third-order valence-electron chi connectivity index (χ3n) is 6.59. The Kier molecular flexibility index (Phi) is 9.12. The van der Waals surface area contributed by atoms with Crippen molar-refractivity contribution in [3.63, 3.8) is 0 Å². The minimum atomic E-state index is -0.861. The number of rotatable bonds is 7. The molecule has 1 fully saturated rings. The number of amides is 3. The summed E-state index contributed by atoms with van der Waals surface area (Å²) in [7, 11) is 0. The van der Waals surface area contributed by atoms with Crippen LogP contribution in [0.5, 0.6) is 5.75 Å². The molecule has 214 valence electrons. The van der Waals surface area contributed by atoms with Crippen molar-refractivity contribution in [2.75, 3.05) is 6.54 Å². The fourth-order valence-electron chi connectivity index (χ4n) is 4.74. The molecule has 0 radical (unpaired) electrons. The molecule has 9 nitrogen and oxygen atoms in total. The number of carbonyl (C=O) groups excluding carboxylic acids is 3. The molecule has 1 saturated heterocycles. The van der Waals surface area contributed by atoms with E-state index in [-0.39, 0.29) is 30.7 Å². The first-order chi connectivity index (χ1) is 18.0. The number of aromatic nitrogens is 1. The number of hydrogen-bond acceptors (Lipinski definition) is 7. The van der Waals surface area contributed by atoms with E-state index in [9.17, 15) is 19.5 Å². The van der Waals surface area contributed by atoms with Gasteiger partial charge in [-0.3, -0.25) is 14.4 Å². The zero-order valence-corrected chi connectivity index (χ0v) is 25.2. The van der Waals surface area contributed by atoms with Crippen LogP contribution in [0.2, 0.25) is 0 Å². The number of aryl methyl sites for hydroxylation is 1. The smallest absolute Gasteiger partial charge is 0.246 e. The van der Waals surface area contributed by atoms with Crippen molar-refractivity contribution in [1.29, 1.82) is 0 Å². The van der Waals surface area contributed by atoms with Gasteiger partial charge in [0.1, 0.15) is 23.4 Å². The fourth-order valence-corrected chi connectivity index (χ4v) is 5.54. The van der Waals surface area contributed by atoms with Gasteiger partial charge in [-0.15, -0.1) is 11.3 Å². The summed E-state index contributed by atoms with van der Waals surface area (Å²) in [6, 6.07) is 3.78. The van der Waals surface area contributed by atoms with Crippen LogP contribution in [0.25, 0.3) is 10.4 Å². The highest BCUT2D eigenvalue weighted by atomic mass is 32.1. The lowest BCUT2D eigenvalue weighted by molar-refractivity contribution is -0.144. The molecule has 3 amide bonds. The highest BCUT2D eigenvalue weighted by Crippen LogP contribution is 2.36. The van der Waals surface area contributed by atoms with E-state index < -0.39 is 35.2 Å². The predicted molar refractivity (Wildman–Crippen MR) is 152 cm³/mol. The summed E-state index contributed by atoms with van der Waals surface area (Å²) in [6.07, 6.45) is -0.712. The largest absolute Gasteiger partial charge is 0.488 e. The second kappa shape index (κ2) is 11.6. The molecular formula is C29H42N4O5S. The van der Waals surface area contributed by atoms with Crippen molar-refractivity contribution in [3.05, 3.63) is 35.0 Å². The van der Waals surface area contributed by atoms with Crippen molar-refractivity contribution in [1.82, 2.24) is 20.5 Å². The van der Waals surface area contributed by atoms with Crippen LogP contribution in [0.15, 0.2) is 23.7 Å². The first kappa shape index (κ1) is 30.6. The molecule has 1 aromatic carbocycles. The zero-order chi connectivity index (χ0) is 29.3. The molecular weight excluding hydrogens is 516 g/mol. The van der Waals surface area contributed by atoms with Crippen LogP contribution >= 0.6 is 11.3 Å². The molecule has 1 aliphatic rings. The maximum absolute atomic E-state index is 13.5. The molecule has 0 saturated carbocycles. The van der Waals surface area contributed by atoms with Crippen LogP contribution in [0.4, 0.5) is 0 Å². The second-order valence-corrected chi connectivity index (χ2v) is 13.2. The fraction of sp³-hybridized carbons (Fsp3) is 0.586. The lowest BCUT2D eigenvalue weighted by atomic mass is 9.85. The predicted octanol–water partition coefficient (Wildman–Crippen LogP) is 3.99. The number of ether oxygens (including phenoxy) is 1. The number of aliphatic hydroxyl groups excluding tert-OH is 1. The van der Waals surface area contributed by atoms with Gasteiger partial charge < -0.3 is 25.4 Å². The molecule has 1 aliphatic heterocycles. The molecule has 0 aliphatic carbocycles. The average Bonchev–Trinajstić information content (AvgIpc) is 3.40. The summed E-state index contributed by atoms with van der Waals surface area (Å²) in [5.74, 6) is -0.436. The van der Waals surface area contributed by atoms with Crippen LogP contribution in [-0.4, -0.2) is 63.0 Å². The van der Waals surface area contributed by atoms with Crippen molar-refractivity contribution in [3.8, 4) is 16.2 Å². The van der Waals surface area contributed by atoms with Gasteiger partial charge in [0.15, 0.2) is 0 Å². The molecule has 0 bridgehead atoms. The summed E-state index contributed by atoms with van der Waals surface area (Å²) in [4.78, 5) is 45.7. The third kappa shape index (κ3) is 7.57. The van der Waals surface area contributed by atoms with Crippen molar-refractivity contribution in [2.24, 2.45) is 5.41 Å². The molecule has 1 aromatic heterocycles. The van der Waals surface area contributed by atoms with E-state index in [0.717, 1.165) is 21.7 Å². The Morgan fingerprint density at radius 3 is 2.36 bits per heavy atom. The Bertz CT molecular complexity index is 1210. The van der Waals surface area contributed by atoms with E-state index in [1.165, 1.54) is 11.8 Å². The summed E-state index contributed by atoms with van der Waals surface area (Å²) >= 11 is 1.56. The number of nitrogens with zero attached hydrogens (tertiary/aromatic N) is 2. The van der Waals surface area contributed by atoms with Crippen molar-refractivity contribution < 1.29 is 24.2 Å². The number of aliphatic hydroxyl groups is 1.